The molecule has 2 nitrogen and oxygen atoms in total. The van der Waals surface area contributed by atoms with Gasteiger partial charge >= 0.3 is 0 Å². The fraction of sp³-hybridized carbons (Fsp3) is 0.625. The van der Waals surface area contributed by atoms with Crippen LogP contribution in [0.4, 0.5) is 5.69 Å². The second kappa shape index (κ2) is 8.15. The lowest BCUT2D eigenvalue weighted by atomic mass is 10.1. The van der Waals surface area contributed by atoms with Gasteiger partial charge in [0.25, 0.3) is 0 Å². The van der Waals surface area contributed by atoms with Crippen LogP contribution in [0.3, 0.4) is 0 Å². The molecule has 0 aliphatic rings. The van der Waals surface area contributed by atoms with E-state index >= 15 is 0 Å². The zero-order valence-corrected chi connectivity index (χ0v) is 12.4. The van der Waals surface area contributed by atoms with E-state index in [9.17, 15) is 0 Å². The van der Waals surface area contributed by atoms with Gasteiger partial charge in [0.15, 0.2) is 0 Å². The normalized spacial score (nSPS) is 10.9. The number of nitrogens with zero attached hydrogens (tertiary/aromatic N) is 1. The quantitative estimate of drug-likeness (QED) is 0.752. The first kappa shape index (κ1) is 15.0. The van der Waals surface area contributed by atoms with Crippen molar-refractivity contribution >= 4 is 5.69 Å². The summed E-state index contributed by atoms with van der Waals surface area (Å²) < 4.78 is 0. The van der Waals surface area contributed by atoms with Crippen molar-refractivity contribution in [3.8, 4) is 0 Å². The molecule has 0 aliphatic carbocycles. The van der Waals surface area contributed by atoms with E-state index in [1.54, 1.807) is 0 Å². The first-order chi connectivity index (χ1) is 8.69. The van der Waals surface area contributed by atoms with Gasteiger partial charge in [0.05, 0.1) is 0 Å². The van der Waals surface area contributed by atoms with Crippen LogP contribution in [0, 0.1) is 13.8 Å². The van der Waals surface area contributed by atoms with E-state index in [2.05, 4.69) is 56.1 Å². The van der Waals surface area contributed by atoms with Crippen LogP contribution >= 0.6 is 0 Å². The molecule has 0 saturated heterocycles. The highest BCUT2D eigenvalue weighted by atomic mass is 15.1. The molecule has 1 N–H and O–H groups in total. The highest BCUT2D eigenvalue weighted by Crippen LogP contribution is 2.17. The van der Waals surface area contributed by atoms with E-state index < -0.39 is 0 Å². The number of hydrogen-bond donors (Lipinski definition) is 1. The van der Waals surface area contributed by atoms with Crippen molar-refractivity contribution in [2.45, 2.75) is 40.5 Å². The summed E-state index contributed by atoms with van der Waals surface area (Å²) in [6.07, 6.45) is 2.48. The number of nitrogens with one attached hydrogen (secondary N) is 1. The smallest absolute Gasteiger partial charge is 0.0372 e. The lowest BCUT2D eigenvalue weighted by molar-refractivity contribution is 0.285. The molecule has 0 saturated carbocycles. The summed E-state index contributed by atoms with van der Waals surface area (Å²) in [5.41, 5.74) is 4.01. The molecule has 0 bridgehead atoms. The molecule has 0 unspecified atom stereocenters. The number of rotatable bonds is 8. The minimum atomic E-state index is 1.03. The molecular weight excluding hydrogens is 220 g/mol. The standard InChI is InChI=1S/C16H28N2/c1-5-11-18(12-6-2)13-10-17-16-9-7-8-14(3)15(16)4/h7-9,17H,5-6,10-13H2,1-4H3. The van der Waals surface area contributed by atoms with Crippen molar-refractivity contribution in [1.82, 2.24) is 4.90 Å². The zero-order chi connectivity index (χ0) is 13.4. The second-order valence-corrected chi connectivity index (χ2v) is 5.02. The Morgan fingerprint density at radius 1 is 1.00 bits per heavy atom. The van der Waals surface area contributed by atoms with Crippen molar-refractivity contribution in [2.75, 3.05) is 31.5 Å². The molecule has 0 radical (unpaired) electrons. The second-order valence-electron chi connectivity index (χ2n) is 5.02. The van der Waals surface area contributed by atoms with Crippen molar-refractivity contribution in [3.05, 3.63) is 29.3 Å². The van der Waals surface area contributed by atoms with Gasteiger partial charge in [-0.25, -0.2) is 0 Å². The minimum absolute atomic E-state index is 1.03. The third-order valence-electron chi connectivity index (χ3n) is 3.43. The Bertz CT molecular complexity index is 341. The summed E-state index contributed by atoms with van der Waals surface area (Å²) >= 11 is 0. The Labute approximate surface area is 112 Å². The Morgan fingerprint density at radius 3 is 2.28 bits per heavy atom. The number of anilines is 1. The van der Waals surface area contributed by atoms with Gasteiger partial charge in [0, 0.05) is 18.8 Å². The molecular formula is C16H28N2. The highest BCUT2D eigenvalue weighted by Gasteiger charge is 2.03. The highest BCUT2D eigenvalue weighted by molar-refractivity contribution is 5.53. The van der Waals surface area contributed by atoms with Gasteiger partial charge in [-0.2, -0.15) is 0 Å². The Balaban J connectivity index is 2.42. The van der Waals surface area contributed by atoms with Crippen LogP contribution in [0.25, 0.3) is 0 Å². The first-order valence-corrected chi connectivity index (χ1v) is 7.21. The molecule has 18 heavy (non-hydrogen) atoms. The lowest BCUT2D eigenvalue weighted by Gasteiger charge is -2.21. The molecule has 1 aromatic rings. The maximum atomic E-state index is 3.56. The fourth-order valence-electron chi connectivity index (χ4n) is 2.26. The molecule has 0 atom stereocenters. The third-order valence-corrected chi connectivity index (χ3v) is 3.43. The van der Waals surface area contributed by atoms with Crippen LogP contribution in [0.15, 0.2) is 18.2 Å². The van der Waals surface area contributed by atoms with Crippen LogP contribution in [0.5, 0.6) is 0 Å². The Hall–Kier alpha value is -1.02. The molecule has 0 amide bonds. The van der Waals surface area contributed by atoms with E-state index in [0.717, 1.165) is 13.1 Å². The SMILES string of the molecule is CCCN(CCC)CCNc1cccc(C)c1C. The van der Waals surface area contributed by atoms with Crippen LogP contribution in [-0.4, -0.2) is 31.1 Å². The predicted octanol–water partition coefficient (Wildman–Crippen LogP) is 3.84. The zero-order valence-electron chi connectivity index (χ0n) is 12.4. The Kier molecular flexibility index (Phi) is 6.81. The molecule has 0 aromatic heterocycles. The van der Waals surface area contributed by atoms with Gasteiger partial charge in [-0.1, -0.05) is 26.0 Å². The van der Waals surface area contributed by atoms with Crippen molar-refractivity contribution < 1.29 is 0 Å². The predicted molar refractivity (Wildman–Crippen MR) is 81.4 cm³/mol. The van der Waals surface area contributed by atoms with Crippen molar-refractivity contribution in [2.24, 2.45) is 0 Å². The molecule has 1 aromatic carbocycles. The van der Waals surface area contributed by atoms with Gasteiger partial charge in [-0.15, -0.1) is 0 Å². The fourth-order valence-corrected chi connectivity index (χ4v) is 2.26. The largest absolute Gasteiger partial charge is 0.384 e. The summed E-state index contributed by atoms with van der Waals surface area (Å²) in [5.74, 6) is 0. The molecule has 2 heteroatoms. The maximum Gasteiger partial charge on any atom is 0.0372 e. The van der Waals surface area contributed by atoms with E-state index in [-0.39, 0.29) is 0 Å². The monoisotopic (exact) mass is 248 g/mol. The van der Waals surface area contributed by atoms with Crippen LogP contribution in [0.1, 0.15) is 37.8 Å². The summed E-state index contributed by atoms with van der Waals surface area (Å²) in [6.45, 7) is 13.4. The topological polar surface area (TPSA) is 15.3 Å². The molecule has 0 spiro atoms. The average Bonchev–Trinajstić information content (AvgIpc) is 2.35. The Morgan fingerprint density at radius 2 is 1.67 bits per heavy atom. The summed E-state index contributed by atoms with van der Waals surface area (Å²) in [6, 6.07) is 6.47. The van der Waals surface area contributed by atoms with Crippen LogP contribution < -0.4 is 5.32 Å². The molecule has 0 aliphatic heterocycles. The molecule has 0 heterocycles. The van der Waals surface area contributed by atoms with E-state index in [1.807, 2.05) is 0 Å². The van der Waals surface area contributed by atoms with Gasteiger partial charge in [0.1, 0.15) is 0 Å². The number of aryl methyl sites for hydroxylation is 1. The first-order valence-electron chi connectivity index (χ1n) is 7.21. The van der Waals surface area contributed by atoms with Crippen LogP contribution in [0.2, 0.25) is 0 Å². The molecule has 1 rings (SSSR count). The third kappa shape index (κ3) is 4.69. The molecule has 0 fully saturated rings. The van der Waals surface area contributed by atoms with Gasteiger partial charge < -0.3 is 10.2 Å². The van der Waals surface area contributed by atoms with E-state index in [0.29, 0.717) is 0 Å². The average molecular weight is 248 g/mol. The summed E-state index contributed by atoms with van der Waals surface area (Å²) in [7, 11) is 0. The lowest BCUT2D eigenvalue weighted by Crippen LogP contribution is -2.30. The van der Waals surface area contributed by atoms with Crippen molar-refractivity contribution in [1.29, 1.82) is 0 Å². The van der Waals surface area contributed by atoms with Gasteiger partial charge in [-0.05, 0) is 57.0 Å². The molecule has 102 valence electrons. The number of benzene rings is 1. The van der Waals surface area contributed by atoms with Crippen LogP contribution in [-0.2, 0) is 0 Å². The van der Waals surface area contributed by atoms with Gasteiger partial charge in [0.2, 0.25) is 0 Å². The van der Waals surface area contributed by atoms with Crippen molar-refractivity contribution in [3.63, 3.8) is 0 Å². The number of hydrogen-bond acceptors (Lipinski definition) is 2. The van der Waals surface area contributed by atoms with Gasteiger partial charge in [-0.3, -0.25) is 0 Å². The van der Waals surface area contributed by atoms with E-state index in [1.165, 1.54) is 42.7 Å². The maximum absolute atomic E-state index is 3.56. The minimum Gasteiger partial charge on any atom is -0.384 e. The summed E-state index contributed by atoms with van der Waals surface area (Å²) in [4.78, 5) is 2.54. The van der Waals surface area contributed by atoms with E-state index in [4.69, 9.17) is 0 Å². The summed E-state index contributed by atoms with van der Waals surface area (Å²) in [5, 5.41) is 3.56.